The van der Waals surface area contributed by atoms with Crippen LogP contribution in [0.25, 0.3) is 0 Å². The van der Waals surface area contributed by atoms with E-state index in [1.54, 1.807) is 12.1 Å². The number of nitrogens with two attached hydrogens (primary N) is 2. The van der Waals surface area contributed by atoms with E-state index in [2.05, 4.69) is 5.32 Å². The summed E-state index contributed by atoms with van der Waals surface area (Å²) in [6, 6.07) is 3.91. The Balaban J connectivity index is 3.16. The van der Waals surface area contributed by atoms with Crippen molar-refractivity contribution >= 4 is 21.6 Å². The van der Waals surface area contributed by atoms with Crippen molar-refractivity contribution < 1.29 is 13.2 Å². The van der Waals surface area contributed by atoms with Gasteiger partial charge in [0.05, 0.1) is 10.9 Å². The molecule has 6 nitrogen and oxygen atoms in total. The summed E-state index contributed by atoms with van der Waals surface area (Å²) in [6.07, 6.45) is 0.535. The van der Waals surface area contributed by atoms with E-state index >= 15 is 0 Å². The van der Waals surface area contributed by atoms with Gasteiger partial charge in [-0.1, -0.05) is 13.0 Å². The van der Waals surface area contributed by atoms with Gasteiger partial charge in [-0.3, -0.25) is 4.79 Å². The minimum Gasteiger partial charge on any atom is -0.325 e. The molecule has 1 atom stereocenters. The zero-order valence-electron chi connectivity index (χ0n) is 10.3. The maximum Gasteiger partial charge on any atom is 0.240 e. The van der Waals surface area contributed by atoms with Crippen molar-refractivity contribution in [1.82, 2.24) is 0 Å². The van der Waals surface area contributed by atoms with E-state index in [0.717, 1.165) is 0 Å². The van der Waals surface area contributed by atoms with Gasteiger partial charge in [0.15, 0.2) is 0 Å². The average Bonchev–Trinajstić information content (AvgIpc) is 2.27. The van der Waals surface area contributed by atoms with Crippen LogP contribution in [0.1, 0.15) is 19.4 Å². The lowest BCUT2D eigenvalue weighted by atomic mass is 10.1. The molecule has 5 N–H and O–H groups in total. The first-order valence-corrected chi connectivity index (χ1v) is 7.02. The summed E-state index contributed by atoms with van der Waals surface area (Å²) in [6.45, 7) is 3.36. The lowest BCUT2D eigenvalue weighted by Crippen LogP contribution is -2.32. The second-order valence-corrected chi connectivity index (χ2v) is 5.53. The minimum atomic E-state index is -3.81. The van der Waals surface area contributed by atoms with Crippen LogP contribution in [0.15, 0.2) is 23.1 Å². The number of carbonyl (C=O) groups excluding carboxylic acids is 1. The highest BCUT2D eigenvalue weighted by atomic mass is 32.2. The van der Waals surface area contributed by atoms with Gasteiger partial charge in [-0.25, -0.2) is 13.6 Å². The molecule has 0 saturated heterocycles. The Morgan fingerprint density at radius 2 is 2.06 bits per heavy atom. The second kappa shape index (κ2) is 5.47. The summed E-state index contributed by atoms with van der Waals surface area (Å²) < 4.78 is 22.8. The smallest absolute Gasteiger partial charge is 0.240 e. The number of aryl methyl sites for hydroxylation is 1. The van der Waals surface area contributed by atoms with E-state index in [4.69, 9.17) is 10.9 Å². The number of sulfonamides is 1. The molecule has 1 amide bonds. The van der Waals surface area contributed by atoms with Crippen LogP contribution in [-0.2, 0) is 21.2 Å². The molecule has 0 aromatic heterocycles. The van der Waals surface area contributed by atoms with Crippen LogP contribution in [-0.4, -0.2) is 20.4 Å². The minimum absolute atomic E-state index is 0.0208. The molecule has 0 aliphatic heterocycles. The number of hydrogen-bond acceptors (Lipinski definition) is 4. The van der Waals surface area contributed by atoms with Crippen LogP contribution in [0, 0.1) is 0 Å². The Hall–Kier alpha value is -1.44. The van der Waals surface area contributed by atoms with Gasteiger partial charge in [0.25, 0.3) is 0 Å². The summed E-state index contributed by atoms with van der Waals surface area (Å²) in [7, 11) is -3.81. The van der Waals surface area contributed by atoms with E-state index in [0.29, 0.717) is 17.7 Å². The molecule has 0 spiro atoms. The van der Waals surface area contributed by atoms with E-state index < -0.39 is 16.1 Å². The van der Waals surface area contributed by atoms with Gasteiger partial charge >= 0.3 is 0 Å². The Morgan fingerprint density at radius 3 is 2.50 bits per heavy atom. The summed E-state index contributed by atoms with van der Waals surface area (Å²) in [5.74, 6) is -0.389. The fourth-order valence-electron chi connectivity index (χ4n) is 1.45. The van der Waals surface area contributed by atoms with E-state index in [-0.39, 0.29) is 10.8 Å². The highest BCUT2D eigenvalue weighted by Crippen LogP contribution is 2.20. The van der Waals surface area contributed by atoms with Crippen molar-refractivity contribution in [1.29, 1.82) is 0 Å². The number of carbonyl (C=O) groups is 1. The van der Waals surface area contributed by atoms with Gasteiger partial charge in [0.2, 0.25) is 15.9 Å². The van der Waals surface area contributed by atoms with Gasteiger partial charge in [0.1, 0.15) is 0 Å². The fourth-order valence-corrected chi connectivity index (χ4v) is 2.31. The standard InChI is InChI=1S/C11H17N3O3S/c1-3-8-4-5-9(14-11(15)7(2)12)6-10(8)18(13,16)17/h4-7H,3,12H2,1-2H3,(H,14,15)(H2,13,16,17)/t7-/m0/s1. The molecule has 1 aromatic carbocycles. The number of amides is 1. The highest BCUT2D eigenvalue weighted by molar-refractivity contribution is 7.89. The molecule has 7 heteroatoms. The van der Waals surface area contributed by atoms with Gasteiger partial charge in [-0.2, -0.15) is 0 Å². The summed E-state index contributed by atoms with van der Waals surface area (Å²) in [4.78, 5) is 11.4. The molecule has 0 bridgehead atoms. The molecule has 0 saturated carbocycles. The molecule has 0 unspecified atom stereocenters. The molecule has 0 radical (unpaired) electrons. The van der Waals surface area contributed by atoms with Gasteiger partial charge in [-0.05, 0) is 31.0 Å². The van der Waals surface area contributed by atoms with Gasteiger partial charge in [-0.15, -0.1) is 0 Å². The third kappa shape index (κ3) is 3.52. The molecule has 1 aromatic rings. The van der Waals surface area contributed by atoms with Crippen LogP contribution in [0.3, 0.4) is 0 Å². The monoisotopic (exact) mass is 271 g/mol. The molecule has 100 valence electrons. The molecule has 0 heterocycles. The van der Waals surface area contributed by atoms with E-state index in [9.17, 15) is 13.2 Å². The maximum absolute atomic E-state index is 11.4. The Labute approximate surface area is 106 Å². The van der Waals surface area contributed by atoms with Crippen molar-refractivity contribution in [3.05, 3.63) is 23.8 Å². The molecule has 1 rings (SSSR count). The number of benzene rings is 1. The van der Waals surface area contributed by atoms with Crippen molar-refractivity contribution in [2.24, 2.45) is 10.9 Å². The Morgan fingerprint density at radius 1 is 1.44 bits per heavy atom. The Bertz CT molecular complexity index is 553. The summed E-state index contributed by atoms with van der Waals surface area (Å²) >= 11 is 0. The lowest BCUT2D eigenvalue weighted by molar-refractivity contribution is -0.117. The first kappa shape index (κ1) is 14.6. The van der Waals surface area contributed by atoms with Crippen LogP contribution in [0.4, 0.5) is 5.69 Å². The third-order valence-electron chi connectivity index (χ3n) is 2.44. The molecule has 0 fully saturated rings. The normalized spacial score (nSPS) is 13.1. The number of anilines is 1. The van der Waals surface area contributed by atoms with Gasteiger partial charge in [0, 0.05) is 5.69 Å². The summed E-state index contributed by atoms with van der Waals surface area (Å²) in [5.41, 5.74) is 6.38. The third-order valence-corrected chi connectivity index (χ3v) is 3.43. The van der Waals surface area contributed by atoms with Crippen molar-refractivity contribution in [2.45, 2.75) is 31.2 Å². The number of rotatable bonds is 4. The predicted octanol–water partition coefficient (Wildman–Crippen LogP) is 0.182. The van der Waals surface area contributed by atoms with Crippen LogP contribution in [0.5, 0.6) is 0 Å². The quantitative estimate of drug-likeness (QED) is 0.724. The Kier molecular flexibility index (Phi) is 4.44. The average molecular weight is 271 g/mol. The lowest BCUT2D eigenvalue weighted by Gasteiger charge is -2.11. The number of primary sulfonamides is 1. The predicted molar refractivity (Wildman–Crippen MR) is 69.5 cm³/mol. The zero-order chi connectivity index (χ0) is 13.9. The van der Waals surface area contributed by atoms with E-state index in [1.807, 2.05) is 6.92 Å². The second-order valence-electron chi connectivity index (χ2n) is 4.00. The number of nitrogens with one attached hydrogen (secondary N) is 1. The highest BCUT2D eigenvalue weighted by Gasteiger charge is 2.15. The first-order chi connectivity index (χ1) is 8.25. The van der Waals surface area contributed by atoms with Crippen molar-refractivity contribution in [3.63, 3.8) is 0 Å². The van der Waals surface area contributed by atoms with Crippen molar-refractivity contribution in [3.8, 4) is 0 Å². The molecule has 0 aliphatic rings. The SMILES string of the molecule is CCc1ccc(NC(=O)[C@H](C)N)cc1S(N)(=O)=O. The van der Waals surface area contributed by atoms with Crippen LogP contribution in [0.2, 0.25) is 0 Å². The topological polar surface area (TPSA) is 115 Å². The van der Waals surface area contributed by atoms with E-state index in [1.165, 1.54) is 13.0 Å². The van der Waals surface area contributed by atoms with Crippen LogP contribution >= 0.6 is 0 Å². The maximum atomic E-state index is 11.4. The van der Waals surface area contributed by atoms with Crippen molar-refractivity contribution in [2.75, 3.05) is 5.32 Å². The fraction of sp³-hybridized carbons (Fsp3) is 0.364. The number of hydrogen-bond donors (Lipinski definition) is 3. The first-order valence-electron chi connectivity index (χ1n) is 5.48. The molecular weight excluding hydrogens is 254 g/mol. The molecule has 0 aliphatic carbocycles. The molecular formula is C11H17N3O3S. The molecule has 18 heavy (non-hydrogen) atoms. The summed E-state index contributed by atoms with van der Waals surface area (Å²) in [5, 5.41) is 7.65. The van der Waals surface area contributed by atoms with Crippen LogP contribution < -0.4 is 16.2 Å². The zero-order valence-corrected chi connectivity index (χ0v) is 11.1. The van der Waals surface area contributed by atoms with Gasteiger partial charge < -0.3 is 11.1 Å². The largest absolute Gasteiger partial charge is 0.325 e.